The number of hydrogen-bond acceptors (Lipinski definition) is 6. The summed E-state index contributed by atoms with van der Waals surface area (Å²) in [4.78, 5) is 13.5. The third kappa shape index (κ3) is 2.56. The maximum absolute atomic E-state index is 5.74. The van der Waals surface area contributed by atoms with Crippen LogP contribution < -0.4 is 10.2 Å². The van der Waals surface area contributed by atoms with Crippen LogP contribution in [-0.4, -0.2) is 49.4 Å². The molecule has 1 unspecified atom stereocenters. The molecule has 6 heteroatoms. The summed E-state index contributed by atoms with van der Waals surface area (Å²) in [5, 5.41) is 4.33. The van der Waals surface area contributed by atoms with Crippen molar-refractivity contribution in [2.75, 3.05) is 38.2 Å². The number of anilines is 1. The van der Waals surface area contributed by atoms with Gasteiger partial charge in [-0.15, -0.1) is 11.3 Å². The van der Waals surface area contributed by atoms with Crippen LogP contribution in [0.25, 0.3) is 10.2 Å². The number of aromatic nitrogens is 2. The number of hydrogen-bond donors (Lipinski definition) is 1. The van der Waals surface area contributed by atoms with Gasteiger partial charge >= 0.3 is 0 Å². The van der Waals surface area contributed by atoms with E-state index in [9.17, 15) is 0 Å². The highest BCUT2D eigenvalue weighted by Gasteiger charge is 2.22. The molecule has 0 amide bonds. The Morgan fingerprint density at radius 3 is 3.26 bits per heavy atom. The number of nitrogens with one attached hydrogen (secondary N) is 1. The largest absolute Gasteiger partial charge is 0.373 e. The molecule has 0 aromatic carbocycles. The molecule has 1 saturated heterocycles. The quantitative estimate of drug-likeness (QED) is 0.920. The highest BCUT2D eigenvalue weighted by atomic mass is 32.1. The standard InChI is InChI=1S/C13H18N4OS/c1-9-5-11-12(15-8-16-13(11)19-9)17-3-4-18-10(7-17)6-14-2/h5,8,10,14H,3-4,6-7H2,1-2H3. The molecule has 0 spiro atoms. The molecular weight excluding hydrogens is 260 g/mol. The molecule has 1 fully saturated rings. The number of rotatable bonds is 3. The second-order valence-corrected chi connectivity index (χ2v) is 6.00. The molecule has 1 atom stereocenters. The predicted octanol–water partition coefficient (Wildman–Crippen LogP) is 1.42. The first-order chi connectivity index (χ1) is 9.28. The molecule has 1 N–H and O–H groups in total. The Morgan fingerprint density at radius 1 is 1.53 bits per heavy atom. The molecular formula is C13H18N4OS. The van der Waals surface area contributed by atoms with Gasteiger partial charge in [0.2, 0.25) is 0 Å². The molecule has 0 aliphatic carbocycles. The summed E-state index contributed by atoms with van der Waals surface area (Å²) in [7, 11) is 1.95. The van der Waals surface area contributed by atoms with Crippen molar-refractivity contribution >= 4 is 27.4 Å². The van der Waals surface area contributed by atoms with Crippen molar-refractivity contribution in [1.82, 2.24) is 15.3 Å². The molecule has 0 saturated carbocycles. The van der Waals surface area contributed by atoms with Crippen molar-refractivity contribution in [2.45, 2.75) is 13.0 Å². The van der Waals surface area contributed by atoms with Crippen molar-refractivity contribution in [3.8, 4) is 0 Å². The Balaban J connectivity index is 1.90. The van der Waals surface area contributed by atoms with Crippen LogP contribution in [0.4, 0.5) is 5.82 Å². The van der Waals surface area contributed by atoms with Gasteiger partial charge in [0.05, 0.1) is 18.1 Å². The number of aryl methyl sites for hydroxylation is 1. The lowest BCUT2D eigenvalue weighted by Gasteiger charge is -2.33. The van der Waals surface area contributed by atoms with Gasteiger partial charge in [-0.1, -0.05) is 0 Å². The fourth-order valence-electron chi connectivity index (χ4n) is 2.48. The number of fused-ring (bicyclic) bond motifs is 1. The molecule has 102 valence electrons. The van der Waals surface area contributed by atoms with Gasteiger partial charge in [-0.25, -0.2) is 9.97 Å². The summed E-state index contributed by atoms with van der Waals surface area (Å²) in [6.45, 7) is 5.50. The van der Waals surface area contributed by atoms with Crippen LogP contribution in [0.1, 0.15) is 4.88 Å². The van der Waals surface area contributed by atoms with Crippen LogP contribution in [0.2, 0.25) is 0 Å². The van der Waals surface area contributed by atoms with Gasteiger partial charge in [0.15, 0.2) is 0 Å². The summed E-state index contributed by atoms with van der Waals surface area (Å²) >= 11 is 1.72. The lowest BCUT2D eigenvalue weighted by Crippen LogP contribution is -2.46. The summed E-state index contributed by atoms with van der Waals surface area (Å²) in [6, 6.07) is 2.18. The second kappa shape index (κ2) is 5.40. The Hall–Kier alpha value is -1.24. The van der Waals surface area contributed by atoms with E-state index >= 15 is 0 Å². The molecule has 2 aromatic heterocycles. The van der Waals surface area contributed by atoms with Gasteiger partial charge in [-0.2, -0.15) is 0 Å². The van der Waals surface area contributed by atoms with Gasteiger partial charge in [0.25, 0.3) is 0 Å². The number of morpholine rings is 1. The summed E-state index contributed by atoms with van der Waals surface area (Å²) in [5.74, 6) is 1.04. The monoisotopic (exact) mass is 278 g/mol. The minimum Gasteiger partial charge on any atom is -0.373 e. The van der Waals surface area contributed by atoms with Crippen LogP contribution in [0.3, 0.4) is 0 Å². The fraction of sp³-hybridized carbons (Fsp3) is 0.538. The Morgan fingerprint density at radius 2 is 2.42 bits per heavy atom. The third-order valence-corrected chi connectivity index (χ3v) is 4.26. The van der Waals surface area contributed by atoms with Gasteiger partial charge < -0.3 is 15.0 Å². The zero-order chi connectivity index (χ0) is 13.2. The van der Waals surface area contributed by atoms with E-state index in [4.69, 9.17) is 4.74 Å². The first-order valence-corrected chi connectivity index (χ1v) is 7.32. The van der Waals surface area contributed by atoms with E-state index in [0.717, 1.165) is 42.3 Å². The normalized spacial score (nSPS) is 20.1. The van der Waals surface area contributed by atoms with Crippen LogP contribution in [0.5, 0.6) is 0 Å². The fourth-order valence-corrected chi connectivity index (χ4v) is 3.32. The molecule has 2 aromatic rings. The third-order valence-electron chi connectivity index (χ3n) is 3.30. The smallest absolute Gasteiger partial charge is 0.140 e. The molecule has 0 radical (unpaired) electrons. The summed E-state index contributed by atoms with van der Waals surface area (Å²) in [6.07, 6.45) is 1.89. The Bertz CT molecular complexity index is 569. The van der Waals surface area contributed by atoms with E-state index in [1.54, 1.807) is 17.7 Å². The average Bonchev–Trinajstić information content (AvgIpc) is 2.79. The zero-order valence-corrected chi connectivity index (χ0v) is 12.0. The molecule has 1 aliphatic heterocycles. The van der Waals surface area contributed by atoms with Crippen LogP contribution in [0, 0.1) is 6.92 Å². The van der Waals surface area contributed by atoms with E-state index in [-0.39, 0.29) is 6.10 Å². The SMILES string of the molecule is CNCC1CN(c2ncnc3sc(C)cc23)CCO1. The number of likely N-dealkylation sites (N-methyl/N-ethyl adjacent to an activating group) is 1. The molecule has 3 heterocycles. The van der Waals surface area contributed by atoms with Gasteiger partial charge in [-0.3, -0.25) is 0 Å². The van der Waals surface area contributed by atoms with Crippen molar-refractivity contribution in [2.24, 2.45) is 0 Å². The Labute approximate surface area is 116 Å². The average molecular weight is 278 g/mol. The first-order valence-electron chi connectivity index (χ1n) is 6.50. The van der Waals surface area contributed by atoms with E-state index in [1.165, 1.54) is 4.88 Å². The molecule has 3 rings (SSSR count). The van der Waals surface area contributed by atoms with E-state index in [1.807, 2.05) is 7.05 Å². The van der Waals surface area contributed by atoms with Crippen molar-refractivity contribution < 1.29 is 4.74 Å². The lowest BCUT2D eigenvalue weighted by atomic mass is 10.2. The maximum atomic E-state index is 5.74. The number of ether oxygens (including phenoxy) is 1. The molecule has 1 aliphatic rings. The van der Waals surface area contributed by atoms with Crippen LogP contribution >= 0.6 is 11.3 Å². The van der Waals surface area contributed by atoms with Gasteiger partial charge in [0.1, 0.15) is 17.0 Å². The second-order valence-electron chi connectivity index (χ2n) is 4.77. The van der Waals surface area contributed by atoms with Crippen LogP contribution in [0.15, 0.2) is 12.4 Å². The van der Waals surface area contributed by atoms with Crippen molar-refractivity contribution in [1.29, 1.82) is 0 Å². The van der Waals surface area contributed by atoms with Gasteiger partial charge in [-0.05, 0) is 20.0 Å². The van der Waals surface area contributed by atoms with Crippen molar-refractivity contribution in [3.63, 3.8) is 0 Å². The minimum absolute atomic E-state index is 0.225. The van der Waals surface area contributed by atoms with Crippen molar-refractivity contribution in [3.05, 3.63) is 17.3 Å². The summed E-state index contributed by atoms with van der Waals surface area (Å²) < 4.78 is 5.74. The highest BCUT2D eigenvalue weighted by molar-refractivity contribution is 7.18. The van der Waals surface area contributed by atoms with E-state index in [2.05, 4.69) is 33.2 Å². The van der Waals surface area contributed by atoms with Gasteiger partial charge in [0, 0.05) is 24.5 Å². The van der Waals surface area contributed by atoms with E-state index < -0.39 is 0 Å². The van der Waals surface area contributed by atoms with E-state index in [0.29, 0.717) is 0 Å². The minimum atomic E-state index is 0.225. The molecule has 19 heavy (non-hydrogen) atoms. The zero-order valence-electron chi connectivity index (χ0n) is 11.2. The molecule has 5 nitrogen and oxygen atoms in total. The molecule has 0 bridgehead atoms. The first kappa shape index (κ1) is 12.8. The lowest BCUT2D eigenvalue weighted by molar-refractivity contribution is 0.0420. The number of nitrogens with zero attached hydrogens (tertiary/aromatic N) is 3. The number of thiophene rings is 1. The predicted molar refractivity (Wildman–Crippen MR) is 78.0 cm³/mol. The summed E-state index contributed by atoms with van der Waals surface area (Å²) in [5.41, 5.74) is 0. The maximum Gasteiger partial charge on any atom is 0.140 e. The Kier molecular flexibility index (Phi) is 3.63. The highest BCUT2D eigenvalue weighted by Crippen LogP contribution is 2.30. The topological polar surface area (TPSA) is 50.3 Å². The van der Waals surface area contributed by atoms with Crippen LogP contribution in [-0.2, 0) is 4.74 Å².